The van der Waals surface area contributed by atoms with Crippen LogP contribution in [0.25, 0.3) is 0 Å². The number of carbonyl (C=O) groups is 1. The molecule has 0 bridgehead atoms. The Bertz CT molecular complexity index is 782. The van der Waals surface area contributed by atoms with Gasteiger partial charge in [0.05, 0.1) is 24.2 Å². The number of amides is 1. The molecule has 0 saturated carbocycles. The summed E-state index contributed by atoms with van der Waals surface area (Å²) in [6.07, 6.45) is 0.180. The maximum atomic E-state index is 12.1. The average Bonchev–Trinajstić information content (AvgIpc) is 2.55. The molecule has 0 spiro atoms. The zero-order valence-corrected chi connectivity index (χ0v) is 13.9. The molecular formula is C17H19NO4S. The Morgan fingerprint density at radius 1 is 1.09 bits per heavy atom. The van der Waals surface area contributed by atoms with Gasteiger partial charge in [0.2, 0.25) is 5.91 Å². The summed E-state index contributed by atoms with van der Waals surface area (Å²) in [7, 11) is -1.67. The number of rotatable bonds is 6. The highest BCUT2D eigenvalue weighted by atomic mass is 32.2. The van der Waals surface area contributed by atoms with Crippen LogP contribution >= 0.6 is 0 Å². The molecule has 122 valence electrons. The van der Waals surface area contributed by atoms with Gasteiger partial charge in [0.25, 0.3) is 0 Å². The van der Waals surface area contributed by atoms with Gasteiger partial charge in [-0.05, 0) is 30.3 Å². The van der Waals surface area contributed by atoms with Crippen LogP contribution in [0.1, 0.15) is 12.5 Å². The number of benzene rings is 2. The second-order valence-electron chi connectivity index (χ2n) is 4.96. The average molecular weight is 333 g/mol. The topological polar surface area (TPSA) is 72.5 Å². The lowest BCUT2D eigenvalue weighted by Crippen LogP contribution is -2.15. The Morgan fingerprint density at radius 2 is 1.74 bits per heavy atom. The predicted molar refractivity (Wildman–Crippen MR) is 89.5 cm³/mol. The van der Waals surface area contributed by atoms with Crippen molar-refractivity contribution < 1.29 is 17.9 Å². The number of sulfone groups is 1. The molecule has 0 saturated heterocycles. The van der Waals surface area contributed by atoms with E-state index in [0.29, 0.717) is 11.4 Å². The van der Waals surface area contributed by atoms with E-state index in [0.717, 1.165) is 5.56 Å². The van der Waals surface area contributed by atoms with E-state index in [2.05, 4.69) is 5.32 Å². The first-order valence-electron chi connectivity index (χ1n) is 7.21. The first-order chi connectivity index (χ1) is 11.0. The van der Waals surface area contributed by atoms with Crippen molar-refractivity contribution >= 4 is 21.4 Å². The second-order valence-corrected chi connectivity index (χ2v) is 7.24. The van der Waals surface area contributed by atoms with Gasteiger partial charge in [-0.15, -0.1) is 0 Å². The molecule has 0 atom stereocenters. The fraction of sp³-hybridized carbons (Fsp3) is 0.235. The van der Waals surface area contributed by atoms with Crippen LogP contribution in [-0.4, -0.2) is 27.2 Å². The van der Waals surface area contributed by atoms with E-state index in [1.807, 2.05) is 18.2 Å². The standard InChI is InChI=1S/C17H19NO4S/c1-3-23(20,21)15-10-8-14(9-11-15)18-17(19)12-13-6-4-5-7-16(13)22-2/h4-11H,3,12H2,1-2H3,(H,18,19). The number of methoxy groups -OCH3 is 1. The van der Waals surface area contributed by atoms with Crippen molar-refractivity contribution in [1.29, 1.82) is 0 Å². The van der Waals surface area contributed by atoms with Gasteiger partial charge in [-0.1, -0.05) is 25.1 Å². The highest BCUT2D eigenvalue weighted by Gasteiger charge is 2.12. The number of hydrogen-bond donors (Lipinski definition) is 1. The highest BCUT2D eigenvalue weighted by Crippen LogP contribution is 2.19. The Hall–Kier alpha value is -2.34. The van der Waals surface area contributed by atoms with Gasteiger partial charge in [-0.2, -0.15) is 0 Å². The number of hydrogen-bond acceptors (Lipinski definition) is 4. The van der Waals surface area contributed by atoms with E-state index < -0.39 is 9.84 Å². The summed E-state index contributed by atoms with van der Waals surface area (Å²) in [5.41, 5.74) is 1.35. The molecule has 0 aliphatic rings. The molecule has 0 heterocycles. The third kappa shape index (κ3) is 4.32. The SMILES string of the molecule is CCS(=O)(=O)c1ccc(NC(=O)Cc2ccccc2OC)cc1. The van der Waals surface area contributed by atoms with E-state index in [4.69, 9.17) is 4.74 Å². The second kappa shape index (κ2) is 7.28. The van der Waals surface area contributed by atoms with Gasteiger partial charge < -0.3 is 10.1 Å². The van der Waals surface area contributed by atoms with Crippen molar-refractivity contribution in [2.45, 2.75) is 18.2 Å². The van der Waals surface area contributed by atoms with Crippen molar-refractivity contribution in [3.8, 4) is 5.75 Å². The quantitative estimate of drug-likeness (QED) is 0.882. The zero-order chi connectivity index (χ0) is 16.9. The Balaban J connectivity index is 2.06. The predicted octanol–water partition coefficient (Wildman–Crippen LogP) is 2.67. The minimum Gasteiger partial charge on any atom is -0.496 e. The first kappa shape index (κ1) is 17.0. The van der Waals surface area contributed by atoms with Gasteiger partial charge >= 0.3 is 0 Å². The number of carbonyl (C=O) groups excluding carboxylic acids is 1. The van der Waals surface area contributed by atoms with Crippen molar-refractivity contribution in [3.05, 3.63) is 54.1 Å². The van der Waals surface area contributed by atoms with Crippen molar-refractivity contribution in [2.24, 2.45) is 0 Å². The van der Waals surface area contributed by atoms with Crippen molar-refractivity contribution in [2.75, 3.05) is 18.2 Å². The normalized spacial score (nSPS) is 11.0. The number of nitrogens with one attached hydrogen (secondary N) is 1. The molecule has 23 heavy (non-hydrogen) atoms. The summed E-state index contributed by atoms with van der Waals surface area (Å²) in [5.74, 6) is 0.514. The van der Waals surface area contributed by atoms with Gasteiger partial charge in [0.15, 0.2) is 9.84 Å². The summed E-state index contributed by atoms with van der Waals surface area (Å²) >= 11 is 0. The van der Waals surface area contributed by atoms with Crippen LogP contribution in [0.15, 0.2) is 53.4 Å². The van der Waals surface area contributed by atoms with E-state index >= 15 is 0 Å². The van der Waals surface area contributed by atoms with E-state index in [1.165, 1.54) is 12.1 Å². The van der Waals surface area contributed by atoms with Gasteiger partial charge in [-0.3, -0.25) is 4.79 Å². The number of para-hydroxylation sites is 1. The largest absolute Gasteiger partial charge is 0.496 e. The molecule has 0 fully saturated rings. The lowest BCUT2D eigenvalue weighted by molar-refractivity contribution is -0.115. The first-order valence-corrected chi connectivity index (χ1v) is 8.86. The zero-order valence-electron chi connectivity index (χ0n) is 13.1. The minimum atomic E-state index is -3.23. The maximum Gasteiger partial charge on any atom is 0.228 e. The minimum absolute atomic E-state index is 0.0481. The van der Waals surface area contributed by atoms with E-state index in [9.17, 15) is 13.2 Å². The maximum absolute atomic E-state index is 12.1. The van der Waals surface area contributed by atoms with Gasteiger partial charge in [0, 0.05) is 11.3 Å². The van der Waals surface area contributed by atoms with Crippen LogP contribution in [0.2, 0.25) is 0 Å². The molecule has 2 aromatic carbocycles. The lowest BCUT2D eigenvalue weighted by atomic mass is 10.1. The third-order valence-corrected chi connectivity index (χ3v) is 5.17. The molecule has 0 radical (unpaired) electrons. The van der Waals surface area contributed by atoms with Gasteiger partial charge in [0.1, 0.15) is 5.75 Å². The monoisotopic (exact) mass is 333 g/mol. The smallest absolute Gasteiger partial charge is 0.228 e. The molecule has 2 rings (SSSR count). The molecule has 5 nitrogen and oxygen atoms in total. The molecule has 0 aliphatic carbocycles. The highest BCUT2D eigenvalue weighted by molar-refractivity contribution is 7.91. The molecule has 2 aromatic rings. The van der Waals surface area contributed by atoms with Crippen LogP contribution in [0.4, 0.5) is 5.69 Å². The summed E-state index contributed by atoms with van der Waals surface area (Å²) in [6.45, 7) is 1.60. The summed E-state index contributed by atoms with van der Waals surface area (Å²) in [4.78, 5) is 12.4. The van der Waals surface area contributed by atoms with E-state index in [1.54, 1.807) is 32.2 Å². The molecule has 6 heteroatoms. The molecular weight excluding hydrogens is 314 g/mol. The van der Waals surface area contributed by atoms with Crippen molar-refractivity contribution in [1.82, 2.24) is 0 Å². The summed E-state index contributed by atoms with van der Waals surface area (Å²) in [6, 6.07) is 13.5. The van der Waals surface area contributed by atoms with Gasteiger partial charge in [-0.25, -0.2) is 8.42 Å². The molecule has 0 aliphatic heterocycles. The molecule has 1 amide bonds. The number of anilines is 1. The van der Waals surface area contributed by atoms with Crippen LogP contribution in [0.3, 0.4) is 0 Å². The van der Waals surface area contributed by atoms with Crippen LogP contribution in [-0.2, 0) is 21.1 Å². The Morgan fingerprint density at radius 3 is 2.35 bits per heavy atom. The summed E-state index contributed by atoms with van der Waals surface area (Å²) < 4.78 is 28.7. The number of ether oxygens (including phenoxy) is 1. The Kier molecular flexibility index (Phi) is 5.39. The fourth-order valence-corrected chi connectivity index (χ4v) is 3.02. The third-order valence-electron chi connectivity index (χ3n) is 3.42. The van der Waals surface area contributed by atoms with Crippen molar-refractivity contribution in [3.63, 3.8) is 0 Å². The molecule has 0 aromatic heterocycles. The molecule has 1 N–H and O–H groups in total. The summed E-state index contributed by atoms with van der Waals surface area (Å²) in [5, 5.41) is 2.75. The van der Waals surface area contributed by atoms with Crippen LogP contribution < -0.4 is 10.1 Å². The lowest BCUT2D eigenvalue weighted by Gasteiger charge is -2.09. The fourth-order valence-electron chi connectivity index (χ4n) is 2.14. The van der Waals surface area contributed by atoms with Crippen LogP contribution in [0, 0.1) is 0 Å². The Labute approximate surface area is 136 Å². The molecule has 0 unspecified atom stereocenters. The van der Waals surface area contributed by atoms with E-state index in [-0.39, 0.29) is 23.0 Å². The van der Waals surface area contributed by atoms with Crippen LogP contribution in [0.5, 0.6) is 5.75 Å².